The molecule has 0 aliphatic heterocycles. The van der Waals surface area contributed by atoms with Gasteiger partial charge in [0.05, 0.1) is 17.2 Å². The number of hydrogen-bond donors (Lipinski definition) is 1. The first-order valence-electron chi connectivity index (χ1n) is 6.35. The molecule has 2 N–H and O–H groups in total. The van der Waals surface area contributed by atoms with Crippen molar-refractivity contribution in [1.29, 1.82) is 0 Å². The van der Waals surface area contributed by atoms with Crippen LogP contribution in [-0.2, 0) is 14.8 Å². The predicted molar refractivity (Wildman–Crippen MR) is 77.1 cm³/mol. The van der Waals surface area contributed by atoms with Crippen LogP contribution in [0.2, 0.25) is 5.02 Å². The summed E-state index contributed by atoms with van der Waals surface area (Å²) in [6, 6.07) is 1.52. The fraction of sp³-hybridized carbons (Fsp3) is 0.462. The number of halogens is 2. The lowest BCUT2D eigenvalue weighted by atomic mass is 10.1. The number of benzene rings is 1. The predicted octanol–water partition coefficient (Wildman–Crippen LogP) is 2.72. The molecule has 0 bridgehead atoms. The van der Waals surface area contributed by atoms with Crippen molar-refractivity contribution in [2.24, 2.45) is 11.1 Å². The minimum atomic E-state index is -4.15. The Bertz CT molecular complexity index is 633. The average molecular weight is 338 g/mol. The standard InChI is InChI=1S/C13H17ClFNO4S/c1-3-4-8(2)7-20-13(17)9-5-12(21(16,18)19)10(14)6-11(9)15/h5-6,8H,3-4,7H2,1-2H3,(H2,16,18,19). The van der Waals surface area contributed by atoms with E-state index in [9.17, 15) is 17.6 Å². The number of carbonyl (C=O) groups is 1. The minimum Gasteiger partial charge on any atom is -0.462 e. The number of rotatable bonds is 6. The smallest absolute Gasteiger partial charge is 0.341 e. The van der Waals surface area contributed by atoms with Gasteiger partial charge in [0.2, 0.25) is 10.0 Å². The van der Waals surface area contributed by atoms with Crippen LogP contribution >= 0.6 is 11.6 Å². The maximum Gasteiger partial charge on any atom is 0.341 e. The quantitative estimate of drug-likeness (QED) is 0.808. The molecular formula is C13H17ClFNO4S. The van der Waals surface area contributed by atoms with Gasteiger partial charge >= 0.3 is 5.97 Å². The third kappa shape index (κ3) is 4.94. The number of hydrogen-bond acceptors (Lipinski definition) is 4. The van der Waals surface area contributed by atoms with E-state index in [2.05, 4.69) is 0 Å². The van der Waals surface area contributed by atoms with Crippen molar-refractivity contribution in [2.45, 2.75) is 31.6 Å². The second-order valence-electron chi connectivity index (χ2n) is 4.80. The maximum atomic E-state index is 13.7. The van der Waals surface area contributed by atoms with Crippen molar-refractivity contribution in [3.8, 4) is 0 Å². The fourth-order valence-electron chi connectivity index (χ4n) is 1.78. The molecule has 0 aliphatic carbocycles. The molecule has 1 aromatic rings. The molecule has 1 atom stereocenters. The molecule has 0 fully saturated rings. The number of esters is 1. The van der Waals surface area contributed by atoms with E-state index in [4.69, 9.17) is 21.5 Å². The molecule has 0 heterocycles. The Morgan fingerprint density at radius 3 is 2.62 bits per heavy atom. The van der Waals surface area contributed by atoms with Crippen molar-refractivity contribution >= 4 is 27.6 Å². The Balaban J connectivity index is 3.00. The van der Waals surface area contributed by atoms with Gasteiger partial charge < -0.3 is 4.74 Å². The van der Waals surface area contributed by atoms with Crippen LogP contribution in [0.25, 0.3) is 0 Å². The zero-order chi connectivity index (χ0) is 16.2. The molecule has 21 heavy (non-hydrogen) atoms. The Morgan fingerprint density at radius 2 is 2.10 bits per heavy atom. The maximum absolute atomic E-state index is 13.7. The Kier molecular flexibility index (Phi) is 6.12. The highest BCUT2D eigenvalue weighted by atomic mass is 35.5. The third-order valence-corrected chi connectivity index (χ3v) is 4.20. The highest BCUT2D eigenvalue weighted by Gasteiger charge is 2.22. The summed E-state index contributed by atoms with van der Waals surface area (Å²) in [6.45, 7) is 4.01. The molecule has 5 nitrogen and oxygen atoms in total. The molecule has 1 rings (SSSR count). The van der Waals surface area contributed by atoms with Crippen LogP contribution in [0.4, 0.5) is 4.39 Å². The molecule has 0 saturated carbocycles. The van der Waals surface area contributed by atoms with Gasteiger partial charge in [0.15, 0.2) is 0 Å². The lowest BCUT2D eigenvalue weighted by molar-refractivity contribution is 0.0438. The Hall–Kier alpha value is -1.18. The molecule has 0 radical (unpaired) electrons. The number of nitrogens with two attached hydrogens (primary N) is 1. The number of sulfonamides is 1. The first kappa shape index (κ1) is 17.9. The molecule has 0 spiro atoms. The fourth-order valence-corrected chi connectivity index (χ4v) is 2.86. The van der Waals surface area contributed by atoms with Crippen LogP contribution in [0, 0.1) is 11.7 Å². The van der Waals surface area contributed by atoms with Crippen LogP contribution in [-0.4, -0.2) is 21.0 Å². The molecule has 0 amide bonds. The molecule has 0 aromatic heterocycles. The van der Waals surface area contributed by atoms with Gasteiger partial charge in [0.25, 0.3) is 0 Å². The summed E-state index contributed by atoms with van der Waals surface area (Å²) in [4.78, 5) is 11.3. The van der Waals surface area contributed by atoms with E-state index in [0.717, 1.165) is 25.0 Å². The first-order valence-corrected chi connectivity index (χ1v) is 8.28. The zero-order valence-electron chi connectivity index (χ0n) is 11.7. The first-order chi connectivity index (χ1) is 9.66. The molecule has 1 aromatic carbocycles. The van der Waals surface area contributed by atoms with E-state index in [1.165, 1.54) is 0 Å². The summed E-state index contributed by atoms with van der Waals surface area (Å²) in [5.74, 6) is -1.77. The van der Waals surface area contributed by atoms with Gasteiger partial charge in [0.1, 0.15) is 10.7 Å². The summed E-state index contributed by atoms with van der Waals surface area (Å²) >= 11 is 5.61. The molecule has 8 heteroatoms. The van der Waals surface area contributed by atoms with Gasteiger partial charge in [0, 0.05) is 0 Å². The highest BCUT2D eigenvalue weighted by Crippen LogP contribution is 2.24. The van der Waals surface area contributed by atoms with Gasteiger partial charge in [-0.3, -0.25) is 0 Å². The van der Waals surface area contributed by atoms with Crippen molar-refractivity contribution < 1.29 is 22.3 Å². The van der Waals surface area contributed by atoms with Crippen LogP contribution < -0.4 is 5.14 Å². The molecule has 0 saturated heterocycles. The van der Waals surface area contributed by atoms with Crippen molar-refractivity contribution in [3.63, 3.8) is 0 Å². The highest BCUT2D eigenvalue weighted by molar-refractivity contribution is 7.89. The van der Waals surface area contributed by atoms with E-state index >= 15 is 0 Å². The van der Waals surface area contributed by atoms with Crippen molar-refractivity contribution in [3.05, 3.63) is 28.5 Å². The van der Waals surface area contributed by atoms with Gasteiger partial charge in [-0.2, -0.15) is 0 Å². The van der Waals surface area contributed by atoms with E-state index in [1.54, 1.807) is 0 Å². The van der Waals surface area contributed by atoms with E-state index in [0.29, 0.717) is 0 Å². The summed E-state index contributed by atoms with van der Waals surface area (Å²) in [5.41, 5.74) is -0.507. The lowest BCUT2D eigenvalue weighted by Gasteiger charge is -2.12. The molecule has 1 unspecified atom stereocenters. The van der Waals surface area contributed by atoms with Crippen LogP contribution in [0.3, 0.4) is 0 Å². The summed E-state index contributed by atoms with van der Waals surface area (Å²) in [7, 11) is -4.15. The molecule has 118 valence electrons. The van der Waals surface area contributed by atoms with Crippen molar-refractivity contribution in [2.75, 3.05) is 6.61 Å². The summed E-state index contributed by atoms with van der Waals surface area (Å²) in [5, 5.41) is 4.57. The van der Waals surface area contributed by atoms with Gasteiger partial charge in [-0.1, -0.05) is 31.9 Å². The van der Waals surface area contributed by atoms with Gasteiger partial charge in [-0.05, 0) is 24.5 Å². The number of primary sulfonamides is 1. The largest absolute Gasteiger partial charge is 0.462 e. The zero-order valence-corrected chi connectivity index (χ0v) is 13.3. The number of ether oxygens (including phenoxy) is 1. The molecular weight excluding hydrogens is 321 g/mol. The summed E-state index contributed by atoms with van der Waals surface area (Å²) < 4.78 is 41.3. The number of carbonyl (C=O) groups excluding carboxylic acids is 1. The van der Waals surface area contributed by atoms with Crippen LogP contribution in [0.15, 0.2) is 17.0 Å². The Labute approximate surface area is 128 Å². The summed E-state index contributed by atoms with van der Waals surface area (Å²) in [6.07, 6.45) is 1.79. The lowest BCUT2D eigenvalue weighted by Crippen LogP contribution is -2.17. The van der Waals surface area contributed by atoms with Gasteiger partial charge in [-0.15, -0.1) is 0 Å². The van der Waals surface area contributed by atoms with E-state index in [1.807, 2.05) is 13.8 Å². The SMILES string of the molecule is CCCC(C)COC(=O)c1cc(S(N)(=O)=O)c(Cl)cc1F. The minimum absolute atomic E-state index is 0.124. The topological polar surface area (TPSA) is 86.5 Å². The monoisotopic (exact) mass is 337 g/mol. The second-order valence-corrected chi connectivity index (χ2v) is 6.74. The van der Waals surface area contributed by atoms with Crippen LogP contribution in [0.1, 0.15) is 37.0 Å². The van der Waals surface area contributed by atoms with Gasteiger partial charge in [-0.25, -0.2) is 22.7 Å². The third-order valence-electron chi connectivity index (χ3n) is 2.83. The Morgan fingerprint density at radius 1 is 1.48 bits per heavy atom. The van der Waals surface area contributed by atoms with E-state index in [-0.39, 0.29) is 17.5 Å². The normalized spacial score (nSPS) is 13.0. The molecule has 0 aliphatic rings. The average Bonchev–Trinajstić information content (AvgIpc) is 2.34. The van der Waals surface area contributed by atoms with E-state index < -0.39 is 32.3 Å². The second kappa shape index (κ2) is 7.20. The van der Waals surface area contributed by atoms with Crippen molar-refractivity contribution in [1.82, 2.24) is 0 Å². The van der Waals surface area contributed by atoms with Crippen LogP contribution in [0.5, 0.6) is 0 Å².